The minimum Gasteiger partial charge on any atom is -1.00 e. The molecule has 0 unspecified atom stereocenters. The molecule has 25 heavy (non-hydrogen) atoms. The number of nitrogens with one attached hydrogen (secondary N) is 2. The van der Waals surface area contributed by atoms with Crippen LogP contribution in [-0.4, -0.2) is 5.91 Å². The number of carbonyl (C=O) groups is 1. The average Bonchev–Trinajstić information content (AvgIpc) is 2.60. The number of hydrogen-bond acceptors (Lipinski definition) is 2. The van der Waals surface area contributed by atoms with Crippen LogP contribution in [0.2, 0.25) is 0 Å². The molecule has 0 bridgehead atoms. The first-order valence-corrected chi connectivity index (χ1v) is 7.88. The van der Waals surface area contributed by atoms with Crippen molar-refractivity contribution in [2.45, 2.75) is 13.5 Å². The molecule has 2 N–H and O–H groups in total. The van der Waals surface area contributed by atoms with Crippen molar-refractivity contribution in [2.24, 2.45) is 0 Å². The highest BCUT2D eigenvalue weighted by atomic mass is 35.5. The Morgan fingerprint density at radius 3 is 2.24 bits per heavy atom. The van der Waals surface area contributed by atoms with Gasteiger partial charge in [0.15, 0.2) is 11.9 Å². The van der Waals surface area contributed by atoms with Crippen molar-refractivity contribution in [3.8, 4) is 0 Å². The van der Waals surface area contributed by atoms with Gasteiger partial charge in [-0.1, -0.05) is 36.4 Å². The van der Waals surface area contributed by atoms with Crippen LogP contribution in [0.25, 0.3) is 0 Å². The quantitative estimate of drug-likeness (QED) is 0.662. The van der Waals surface area contributed by atoms with Gasteiger partial charge in [0.2, 0.25) is 6.54 Å². The van der Waals surface area contributed by atoms with E-state index >= 15 is 0 Å². The molecule has 1 amide bonds. The van der Waals surface area contributed by atoms with E-state index in [0.717, 1.165) is 22.8 Å². The molecule has 1 aromatic heterocycles. The van der Waals surface area contributed by atoms with Crippen LogP contribution in [0.3, 0.4) is 0 Å². The van der Waals surface area contributed by atoms with Crippen molar-refractivity contribution in [1.82, 2.24) is 0 Å². The van der Waals surface area contributed by atoms with Crippen LogP contribution in [0, 0.1) is 6.92 Å². The van der Waals surface area contributed by atoms with E-state index in [2.05, 4.69) is 10.6 Å². The number of carbonyl (C=O) groups excluding carboxylic acids is 1. The van der Waals surface area contributed by atoms with Crippen LogP contribution in [0.1, 0.15) is 5.69 Å². The maximum Gasteiger partial charge on any atom is 0.290 e. The lowest BCUT2D eigenvalue weighted by Crippen LogP contribution is -3.00. The van der Waals surface area contributed by atoms with Gasteiger partial charge in [0.25, 0.3) is 5.91 Å². The zero-order valence-corrected chi connectivity index (χ0v) is 14.7. The first kappa shape index (κ1) is 18.5. The van der Waals surface area contributed by atoms with E-state index in [0.29, 0.717) is 0 Å². The number of hydrogen-bond donors (Lipinski definition) is 2. The monoisotopic (exact) mass is 353 g/mol. The molecule has 0 aliphatic heterocycles. The third kappa shape index (κ3) is 5.06. The lowest BCUT2D eigenvalue weighted by Gasteiger charge is -2.12. The van der Waals surface area contributed by atoms with E-state index in [1.165, 1.54) is 0 Å². The maximum absolute atomic E-state index is 12.4. The molecular weight excluding hydrogens is 334 g/mol. The molecule has 128 valence electrons. The Kier molecular flexibility index (Phi) is 6.54. The van der Waals surface area contributed by atoms with Crippen LogP contribution in [0.15, 0.2) is 79.0 Å². The van der Waals surface area contributed by atoms with Crippen molar-refractivity contribution >= 4 is 23.0 Å². The number of rotatable bonds is 5. The van der Waals surface area contributed by atoms with Gasteiger partial charge in [0.1, 0.15) is 0 Å². The Morgan fingerprint density at radius 2 is 1.52 bits per heavy atom. The van der Waals surface area contributed by atoms with Crippen LogP contribution in [0.4, 0.5) is 17.1 Å². The van der Waals surface area contributed by atoms with Crippen molar-refractivity contribution in [1.29, 1.82) is 0 Å². The van der Waals surface area contributed by atoms with Gasteiger partial charge >= 0.3 is 0 Å². The molecule has 4 nitrogen and oxygen atoms in total. The molecule has 0 aliphatic rings. The summed E-state index contributed by atoms with van der Waals surface area (Å²) in [5.74, 6) is -0.0587. The Hall–Kier alpha value is -2.85. The topological polar surface area (TPSA) is 45.0 Å². The number of anilines is 3. The SMILES string of the molecule is Cc1cccc[n+]1CC(=O)Nc1ccccc1Nc1ccccc1.[Cl-]. The van der Waals surface area contributed by atoms with Gasteiger partial charge in [-0.3, -0.25) is 4.79 Å². The molecule has 0 aliphatic carbocycles. The van der Waals surface area contributed by atoms with E-state index in [1.807, 2.05) is 90.5 Å². The Morgan fingerprint density at radius 1 is 0.880 bits per heavy atom. The van der Waals surface area contributed by atoms with Crippen molar-refractivity contribution in [2.75, 3.05) is 10.6 Å². The van der Waals surface area contributed by atoms with Gasteiger partial charge in [0, 0.05) is 24.7 Å². The van der Waals surface area contributed by atoms with Gasteiger partial charge in [-0.15, -0.1) is 0 Å². The highest BCUT2D eigenvalue weighted by Gasteiger charge is 2.13. The molecule has 3 rings (SSSR count). The number of pyridine rings is 1. The Labute approximate surface area is 153 Å². The summed E-state index contributed by atoms with van der Waals surface area (Å²) < 4.78 is 1.92. The van der Waals surface area contributed by atoms with E-state index in [1.54, 1.807) is 0 Å². The van der Waals surface area contributed by atoms with Gasteiger partial charge < -0.3 is 23.0 Å². The molecule has 5 heteroatoms. The highest BCUT2D eigenvalue weighted by molar-refractivity contribution is 5.94. The van der Waals surface area contributed by atoms with E-state index in [4.69, 9.17) is 0 Å². The number of aryl methyl sites for hydroxylation is 1. The third-order valence-corrected chi connectivity index (χ3v) is 3.74. The summed E-state index contributed by atoms with van der Waals surface area (Å²) >= 11 is 0. The molecule has 0 spiro atoms. The lowest BCUT2D eigenvalue weighted by molar-refractivity contribution is -0.690. The predicted molar refractivity (Wildman–Crippen MR) is 96.2 cm³/mol. The van der Waals surface area contributed by atoms with Crippen molar-refractivity contribution < 1.29 is 21.8 Å². The molecule has 2 aromatic carbocycles. The average molecular weight is 354 g/mol. The molecule has 3 aromatic rings. The second-order valence-corrected chi connectivity index (χ2v) is 5.55. The smallest absolute Gasteiger partial charge is 0.290 e. The second kappa shape index (κ2) is 8.85. The van der Waals surface area contributed by atoms with Crippen LogP contribution in [-0.2, 0) is 11.3 Å². The first-order chi connectivity index (χ1) is 11.7. The first-order valence-electron chi connectivity index (χ1n) is 7.88. The van der Waals surface area contributed by atoms with Gasteiger partial charge in [-0.25, -0.2) is 0 Å². The molecule has 0 radical (unpaired) electrons. The molecule has 0 saturated heterocycles. The zero-order chi connectivity index (χ0) is 16.8. The summed E-state index contributed by atoms with van der Waals surface area (Å²) in [6.07, 6.45) is 1.91. The van der Waals surface area contributed by atoms with Crippen LogP contribution >= 0.6 is 0 Å². The Balaban J connectivity index is 0.00000225. The summed E-state index contributed by atoms with van der Waals surface area (Å²) in [5.41, 5.74) is 3.66. The largest absolute Gasteiger partial charge is 1.00 e. The number of nitrogens with zero attached hydrogens (tertiary/aromatic N) is 1. The predicted octanol–water partition coefficient (Wildman–Crippen LogP) is 0.669. The fourth-order valence-electron chi connectivity index (χ4n) is 2.46. The number of para-hydroxylation sites is 3. The molecule has 0 fully saturated rings. The lowest BCUT2D eigenvalue weighted by atomic mass is 10.2. The maximum atomic E-state index is 12.4. The summed E-state index contributed by atoms with van der Waals surface area (Å²) in [5, 5.41) is 6.32. The van der Waals surface area contributed by atoms with E-state index in [-0.39, 0.29) is 24.9 Å². The molecule has 0 atom stereocenters. The zero-order valence-electron chi connectivity index (χ0n) is 13.9. The van der Waals surface area contributed by atoms with Gasteiger partial charge in [-0.2, -0.15) is 4.57 Å². The van der Waals surface area contributed by atoms with Crippen molar-refractivity contribution in [3.63, 3.8) is 0 Å². The standard InChI is InChI=1S/C20H19N3O.ClH/c1-16-9-7-8-14-23(16)15-20(24)22-19-13-6-5-12-18(19)21-17-10-3-2-4-11-17;/h2-14,21H,15H2,1H3;1H. The van der Waals surface area contributed by atoms with Gasteiger partial charge in [-0.05, 0) is 24.3 Å². The second-order valence-electron chi connectivity index (χ2n) is 5.55. The number of benzene rings is 2. The van der Waals surface area contributed by atoms with E-state index < -0.39 is 0 Å². The summed E-state index contributed by atoms with van der Waals surface area (Å²) in [7, 11) is 0. The molecule has 0 saturated carbocycles. The molecule has 1 heterocycles. The fourth-order valence-corrected chi connectivity index (χ4v) is 2.46. The number of aromatic nitrogens is 1. The summed E-state index contributed by atoms with van der Waals surface area (Å²) in [4.78, 5) is 12.4. The van der Waals surface area contributed by atoms with Gasteiger partial charge in [0.05, 0.1) is 11.4 Å². The summed E-state index contributed by atoms with van der Waals surface area (Å²) in [6, 6.07) is 23.4. The minimum atomic E-state index is -0.0587. The highest BCUT2D eigenvalue weighted by Crippen LogP contribution is 2.24. The van der Waals surface area contributed by atoms with E-state index in [9.17, 15) is 4.79 Å². The minimum absolute atomic E-state index is 0. The number of halogens is 1. The fraction of sp³-hybridized carbons (Fsp3) is 0.100. The normalized spacial score (nSPS) is 9.80. The van der Waals surface area contributed by atoms with Crippen LogP contribution in [0.5, 0.6) is 0 Å². The van der Waals surface area contributed by atoms with Crippen LogP contribution < -0.4 is 27.6 Å². The third-order valence-electron chi connectivity index (χ3n) is 3.74. The molecular formula is C20H20ClN3O. The van der Waals surface area contributed by atoms with Crippen molar-refractivity contribution in [3.05, 3.63) is 84.7 Å². The Bertz CT molecular complexity index is 837. The number of amides is 1. The summed E-state index contributed by atoms with van der Waals surface area (Å²) in [6.45, 7) is 2.27.